The largest absolute Gasteiger partial charge is 0.339 e. The van der Waals surface area contributed by atoms with E-state index in [-0.39, 0.29) is 10.8 Å². The summed E-state index contributed by atoms with van der Waals surface area (Å²) in [4.78, 5) is 15.9. The lowest BCUT2D eigenvalue weighted by atomic mass is 9.94. The number of carbonyl (C=O) groups excluding carboxylic acids is 1. The summed E-state index contributed by atoms with van der Waals surface area (Å²) in [5.41, 5.74) is 1.10. The number of sulfonamides is 1. The molecule has 0 bridgehead atoms. The first-order chi connectivity index (χ1) is 13.8. The first kappa shape index (κ1) is 21.7. The van der Waals surface area contributed by atoms with E-state index in [1.54, 1.807) is 60.3 Å². The SMILES string of the molecule is CSc1ccc(S(=O)(=O)N(C)c2ccc(C(=O)N(C)C3CCCCC3)cc2)cc1. The molecule has 29 heavy (non-hydrogen) atoms. The molecule has 1 aliphatic carbocycles. The van der Waals surface area contributed by atoms with Crippen molar-refractivity contribution in [2.45, 2.75) is 47.9 Å². The Bertz CT molecular complexity index is 935. The van der Waals surface area contributed by atoms with Gasteiger partial charge in [0.25, 0.3) is 15.9 Å². The molecular weight excluding hydrogens is 404 g/mol. The molecule has 0 aliphatic heterocycles. The average molecular weight is 433 g/mol. The van der Waals surface area contributed by atoms with Gasteiger partial charge in [0.15, 0.2) is 0 Å². The molecule has 1 amide bonds. The molecule has 0 radical (unpaired) electrons. The number of benzene rings is 2. The maximum absolute atomic E-state index is 12.9. The Hall–Kier alpha value is -1.99. The predicted molar refractivity (Wildman–Crippen MR) is 119 cm³/mol. The first-order valence-corrected chi connectivity index (χ1v) is 12.5. The van der Waals surface area contributed by atoms with Crippen LogP contribution in [0.1, 0.15) is 42.5 Å². The van der Waals surface area contributed by atoms with Gasteiger partial charge in [0.2, 0.25) is 0 Å². The van der Waals surface area contributed by atoms with E-state index < -0.39 is 10.0 Å². The second-order valence-corrected chi connectivity index (χ2v) is 10.3. The van der Waals surface area contributed by atoms with E-state index in [2.05, 4.69) is 0 Å². The van der Waals surface area contributed by atoms with Crippen LogP contribution in [0.25, 0.3) is 0 Å². The van der Waals surface area contributed by atoms with Crippen LogP contribution in [0.3, 0.4) is 0 Å². The van der Waals surface area contributed by atoms with E-state index in [0.717, 1.165) is 17.7 Å². The smallest absolute Gasteiger partial charge is 0.264 e. The zero-order valence-electron chi connectivity index (χ0n) is 17.2. The van der Waals surface area contributed by atoms with Gasteiger partial charge in [0.05, 0.1) is 10.6 Å². The van der Waals surface area contributed by atoms with Crippen molar-refractivity contribution in [2.24, 2.45) is 0 Å². The van der Waals surface area contributed by atoms with Crippen LogP contribution >= 0.6 is 11.8 Å². The highest BCUT2D eigenvalue weighted by Crippen LogP contribution is 2.26. The van der Waals surface area contributed by atoms with Crippen molar-refractivity contribution in [1.82, 2.24) is 4.90 Å². The molecule has 0 atom stereocenters. The summed E-state index contributed by atoms with van der Waals surface area (Å²) in [6, 6.07) is 13.9. The lowest BCUT2D eigenvalue weighted by Crippen LogP contribution is -2.38. The molecular formula is C22H28N2O3S2. The first-order valence-electron chi connectivity index (χ1n) is 9.85. The number of thioether (sulfide) groups is 1. The average Bonchev–Trinajstić information content (AvgIpc) is 2.78. The number of hydrogen-bond donors (Lipinski definition) is 0. The van der Waals surface area contributed by atoms with Gasteiger partial charge in [-0.2, -0.15) is 0 Å². The Morgan fingerprint density at radius 2 is 1.52 bits per heavy atom. The van der Waals surface area contributed by atoms with E-state index in [0.29, 0.717) is 17.3 Å². The maximum atomic E-state index is 12.9. The summed E-state index contributed by atoms with van der Waals surface area (Å²) in [6.07, 6.45) is 7.63. The second-order valence-electron chi connectivity index (χ2n) is 7.40. The molecule has 1 fully saturated rings. The third-order valence-electron chi connectivity index (χ3n) is 5.64. The van der Waals surface area contributed by atoms with Gasteiger partial charge in [0.1, 0.15) is 0 Å². The summed E-state index contributed by atoms with van der Waals surface area (Å²) < 4.78 is 27.1. The van der Waals surface area contributed by atoms with Crippen LogP contribution in [0.2, 0.25) is 0 Å². The number of anilines is 1. The topological polar surface area (TPSA) is 57.7 Å². The Morgan fingerprint density at radius 3 is 2.07 bits per heavy atom. The fourth-order valence-electron chi connectivity index (χ4n) is 3.70. The molecule has 2 aromatic rings. The van der Waals surface area contributed by atoms with Gasteiger partial charge in [-0.15, -0.1) is 11.8 Å². The van der Waals surface area contributed by atoms with Crippen LogP contribution in [0.15, 0.2) is 58.3 Å². The molecule has 0 unspecified atom stereocenters. The van der Waals surface area contributed by atoms with Crippen molar-refractivity contribution in [3.05, 3.63) is 54.1 Å². The summed E-state index contributed by atoms with van der Waals surface area (Å²) in [5, 5.41) is 0. The van der Waals surface area contributed by atoms with Crippen molar-refractivity contribution in [1.29, 1.82) is 0 Å². The van der Waals surface area contributed by atoms with E-state index in [4.69, 9.17) is 0 Å². The molecule has 0 N–H and O–H groups in total. The molecule has 5 nitrogen and oxygen atoms in total. The van der Waals surface area contributed by atoms with Gasteiger partial charge in [-0.1, -0.05) is 19.3 Å². The maximum Gasteiger partial charge on any atom is 0.264 e. The molecule has 0 saturated heterocycles. The molecule has 0 heterocycles. The fraction of sp³-hybridized carbons (Fsp3) is 0.409. The zero-order valence-corrected chi connectivity index (χ0v) is 18.8. The van der Waals surface area contributed by atoms with Crippen molar-refractivity contribution in [3.63, 3.8) is 0 Å². The fourth-order valence-corrected chi connectivity index (χ4v) is 5.30. The van der Waals surface area contributed by atoms with Crippen LogP contribution in [0, 0.1) is 0 Å². The molecule has 3 rings (SSSR count). The number of amides is 1. The molecule has 7 heteroatoms. The van der Waals surface area contributed by atoms with Gasteiger partial charge in [-0.3, -0.25) is 9.10 Å². The standard InChI is InChI=1S/C22H28N2O3S2/c1-23(18-7-5-4-6-8-18)22(25)17-9-11-19(12-10-17)24(2)29(26,27)21-15-13-20(28-3)14-16-21/h9-16,18H,4-8H2,1-3H3. The summed E-state index contributed by atoms with van der Waals surface area (Å²) in [5.74, 6) is -0.0124. The van der Waals surface area contributed by atoms with Gasteiger partial charge < -0.3 is 4.90 Å². The highest BCUT2D eigenvalue weighted by atomic mass is 32.2. The van der Waals surface area contributed by atoms with Crippen LogP contribution in [-0.4, -0.2) is 45.6 Å². The zero-order chi connectivity index (χ0) is 21.0. The van der Waals surface area contributed by atoms with E-state index in [1.807, 2.05) is 18.2 Å². The van der Waals surface area contributed by atoms with E-state index >= 15 is 0 Å². The van der Waals surface area contributed by atoms with Gasteiger partial charge in [-0.05, 0) is 67.6 Å². The summed E-state index contributed by atoms with van der Waals surface area (Å²) >= 11 is 1.57. The second kappa shape index (κ2) is 9.22. The Labute approximate surface area is 178 Å². The molecule has 1 saturated carbocycles. The van der Waals surface area contributed by atoms with Crippen molar-refractivity contribution >= 4 is 33.4 Å². The lowest BCUT2D eigenvalue weighted by molar-refractivity contribution is 0.0696. The van der Waals surface area contributed by atoms with Crippen molar-refractivity contribution in [3.8, 4) is 0 Å². The molecule has 156 valence electrons. The highest BCUT2D eigenvalue weighted by Gasteiger charge is 2.24. The van der Waals surface area contributed by atoms with Crippen LogP contribution in [0.5, 0.6) is 0 Å². The van der Waals surface area contributed by atoms with Crippen LogP contribution in [0.4, 0.5) is 5.69 Å². The highest BCUT2D eigenvalue weighted by molar-refractivity contribution is 7.98. The molecule has 1 aliphatic rings. The Kier molecular flexibility index (Phi) is 6.90. The van der Waals surface area contributed by atoms with Crippen molar-refractivity contribution in [2.75, 3.05) is 24.7 Å². The van der Waals surface area contributed by atoms with E-state index in [1.165, 1.54) is 30.6 Å². The lowest BCUT2D eigenvalue weighted by Gasteiger charge is -2.31. The predicted octanol–water partition coefficient (Wildman–Crippen LogP) is 4.64. The quantitative estimate of drug-likeness (QED) is 0.624. The summed E-state index contributed by atoms with van der Waals surface area (Å²) in [7, 11) is -0.262. The number of nitrogens with zero attached hydrogens (tertiary/aromatic N) is 2. The minimum Gasteiger partial charge on any atom is -0.339 e. The third-order valence-corrected chi connectivity index (χ3v) is 8.18. The van der Waals surface area contributed by atoms with Crippen molar-refractivity contribution < 1.29 is 13.2 Å². The summed E-state index contributed by atoms with van der Waals surface area (Å²) in [6.45, 7) is 0. The normalized spacial score (nSPS) is 15.1. The number of rotatable bonds is 6. The van der Waals surface area contributed by atoms with Gasteiger partial charge in [0, 0.05) is 30.6 Å². The third kappa shape index (κ3) is 4.78. The minimum absolute atomic E-state index is 0.0124. The van der Waals surface area contributed by atoms with Crippen LogP contribution < -0.4 is 4.31 Å². The monoisotopic (exact) mass is 432 g/mol. The number of carbonyl (C=O) groups is 1. The van der Waals surface area contributed by atoms with E-state index in [9.17, 15) is 13.2 Å². The molecule has 2 aromatic carbocycles. The number of hydrogen-bond acceptors (Lipinski definition) is 4. The minimum atomic E-state index is -3.65. The van der Waals surface area contributed by atoms with Gasteiger partial charge >= 0.3 is 0 Å². The Morgan fingerprint density at radius 1 is 0.931 bits per heavy atom. The van der Waals surface area contributed by atoms with Gasteiger partial charge in [-0.25, -0.2) is 8.42 Å². The van der Waals surface area contributed by atoms with Crippen LogP contribution in [-0.2, 0) is 10.0 Å². The molecule has 0 aromatic heterocycles. The Balaban J connectivity index is 1.75. The molecule has 0 spiro atoms.